The van der Waals surface area contributed by atoms with Crippen molar-refractivity contribution in [2.24, 2.45) is 0 Å². The van der Waals surface area contributed by atoms with Crippen LogP contribution in [0, 0.1) is 34.6 Å². The van der Waals surface area contributed by atoms with Crippen LogP contribution in [0.15, 0.2) is 18.2 Å². The Hall–Kier alpha value is -2.35. The molecule has 1 unspecified atom stereocenters. The Morgan fingerprint density at radius 1 is 1.04 bits per heavy atom. The number of nitriles is 1. The minimum absolute atomic E-state index is 0.00920. The molecule has 0 aromatic heterocycles. The molecule has 1 aliphatic rings. The second kappa shape index (κ2) is 8.12. The number of rotatable bonds is 5. The van der Waals surface area contributed by atoms with E-state index < -0.39 is 34.8 Å². The highest BCUT2D eigenvalue weighted by molar-refractivity contribution is 5.44. The molecule has 0 spiro atoms. The first-order valence-corrected chi connectivity index (χ1v) is 9.33. The van der Waals surface area contributed by atoms with E-state index in [0.29, 0.717) is 24.0 Å². The number of aryl methyl sites for hydroxylation is 1. The second-order valence-corrected chi connectivity index (χ2v) is 7.17. The van der Waals surface area contributed by atoms with Crippen LogP contribution in [0.5, 0.6) is 0 Å². The molecule has 27 heavy (non-hydrogen) atoms. The van der Waals surface area contributed by atoms with E-state index in [9.17, 15) is 17.6 Å². The summed E-state index contributed by atoms with van der Waals surface area (Å²) >= 11 is 0. The van der Waals surface area contributed by atoms with Crippen molar-refractivity contribution in [1.82, 2.24) is 0 Å². The van der Waals surface area contributed by atoms with Gasteiger partial charge in [-0.3, -0.25) is 0 Å². The minimum Gasteiger partial charge on any atom is -0.207 e. The molecule has 0 saturated heterocycles. The van der Waals surface area contributed by atoms with Gasteiger partial charge in [0, 0.05) is 5.56 Å². The summed E-state index contributed by atoms with van der Waals surface area (Å²) in [7, 11) is 0. The van der Waals surface area contributed by atoms with Crippen molar-refractivity contribution >= 4 is 0 Å². The summed E-state index contributed by atoms with van der Waals surface area (Å²) in [4.78, 5) is 0. The molecule has 0 heterocycles. The number of unbranched alkanes of at least 4 members (excludes halogenated alkanes) is 2. The van der Waals surface area contributed by atoms with Crippen LogP contribution in [-0.2, 0) is 19.3 Å². The van der Waals surface area contributed by atoms with E-state index in [0.717, 1.165) is 25.3 Å². The van der Waals surface area contributed by atoms with E-state index >= 15 is 0 Å². The Morgan fingerprint density at radius 2 is 1.74 bits per heavy atom. The summed E-state index contributed by atoms with van der Waals surface area (Å²) in [6.45, 7) is 2.07. The van der Waals surface area contributed by atoms with Crippen LogP contribution in [-0.4, -0.2) is 0 Å². The molecule has 0 N–H and O–H groups in total. The molecule has 1 aliphatic carbocycles. The molecular formula is C22H21F4N. The molecule has 2 aromatic carbocycles. The van der Waals surface area contributed by atoms with Crippen LogP contribution in [0.4, 0.5) is 17.6 Å². The van der Waals surface area contributed by atoms with E-state index in [-0.39, 0.29) is 24.0 Å². The van der Waals surface area contributed by atoms with Gasteiger partial charge in [0.2, 0.25) is 0 Å². The standard InChI is InChI=1S/C22H21F4N/c1-2-3-4-5-13-8-19(24)21(20(25)9-13)14-6-7-16-15(10-14)11-18(23)17(12-27)22(16)26/h8-9,11,14H,2-7,10H2,1H3. The number of nitrogens with zero attached hydrogens (tertiary/aromatic N) is 1. The Bertz CT molecular complexity index is 875. The average Bonchev–Trinajstić information content (AvgIpc) is 2.61. The number of hydrogen-bond donors (Lipinski definition) is 0. The van der Waals surface area contributed by atoms with E-state index in [4.69, 9.17) is 5.26 Å². The van der Waals surface area contributed by atoms with Crippen molar-refractivity contribution in [2.45, 2.75) is 57.8 Å². The zero-order valence-corrected chi connectivity index (χ0v) is 15.2. The molecule has 0 aliphatic heterocycles. The smallest absolute Gasteiger partial charge is 0.147 e. The van der Waals surface area contributed by atoms with Crippen LogP contribution in [0.25, 0.3) is 0 Å². The van der Waals surface area contributed by atoms with Gasteiger partial charge in [0.1, 0.15) is 34.9 Å². The molecule has 142 valence electrons. The normalized spacial score (nSPS) is 16.1. The predicted octanol–water partition coefficient (Wildman–Crippen LogP) is 6.12. The SMILES string of the molecule is CCCCCc1cc(F)c(C2CCc3c(cc(F)c(C#N)c3F)C2)c(F)c1. The zero-order valence-electron chi connectivity index (χ0n) is 15.2. The quantitative estimate of drug-likeness (QED) is 0.456. The molecule has 0 fully saturated rings. The number of benzene rings is 2. The fourth-order valence-electron chi connectivity index (χ4n) is 3.95. The molecule has 2 aromatic rings. The molecule has 3 rings (SSSR count). The van der Waals surface area contributed by atoms with Crippen molar-refractivity contribution in [3.05, 3.63) is 69.3 Å². The molecular weight excluding hydrogens is 354 g/mol. The van der Waals surface area contributed by atoms with Crippen LogP contribution >= 0.6 is 0 Å². The Balaban J connectivity index is 1.88. The highest BCUT2D eigenvalue weighted by Crippen LogP contribution is 2.37. The first-order chi connectivity index (χ1) is 13.0. The summed E-state index contributed by atoms with van der Waals surface area (Å²) < 4.78 is 57.5. The lowest BCUT2D eigenvalue weighted by Gasteiger charge is -2.26. The highest BCUT2D eigenvalue weighted by atomic mass is 19.1. The van der Waals surface area contributed by atoms with Crippen LogP contribution in [0.1, 0.15) is 66.3 Å². The Kier molecular flexibility index (Phi) is 5.84. The number of hydrogen-bond acceptors (Lipinski definition) is 1. The average molecular weight is 375 g/mol. The van der Waals surface area contributed by atoms with Crippen molar-refractivity contribution in [3.8, 4) is 6.07 Å². The summed E-state index contributed by atoms with van der Waals surface area (Å²) in [5.74, 6) is -3.44. The Labute approximate surface area is 156 Å². The minimum atomic E-state index is -0.929. The lowest BCUT2D eigenvalue weighted by molar-refractivity contribution is 0.475. The van der Waals surface area contributed by atoms with E-state index in [2.05, 4.69) is 6.92 Å². The second-order valence-electron chi connectivity index (χ2n) is 7.17. The Morgan fingerprint density at radius 3 is 2.37 bits per heavy atom. The lowest BCUT2D eigenvalue weighted by Crippen LogP contribution is -2.18. The monoisotopic (exact) mass is 375 g/mol. The third kappa shape index (κ3) is 3.85. The van der Waals surface area contributed by atoms with Gasteiger partial charge in [-0.15, -0.1) is 0 Å². The number of fused-ring (bicyclic) bond motifs is 1. The largest absolute Gasteiger partial charge is 0.207 e. The summed E-state index contributed by atoms with van der Waals surface area (Å²) in [6.07, 6.45) is 4.27. The van der Waals surface area contributed by atoms with Gasteiger partial charge >= 0.3 is 0 Å². The molecule has 0 bridgehead atoms. The van der Waals surface area contributed by atoms with Gasteiger partial charge in [-0.25, -0.2) is 17.6 Å². The van der Waals surface area contributed by atoms with E-state index in [1.54, 1.807) is 0 Å². The fourth-order valence-corrected chi connectivity index (χ4v) is 3.95. The maximum atomic E-state index is 14.6. The van der Waals surface area contributed by atoms with Crippen LogP contribution in [0.2, 0.25) is 0 Å². The van der Waals surface area contributed by atoms with Crippen LogP contribution in [0.3, 0.4) is 0 Å². The maximum absolute atomic E-state index is 14.6. The van der Waals surface area contributed by atoms with Gasteiger partial charge in [-0.2, -0.15) is 5.26 Å². The van der Waals surface area contributed by atoms with Gasteiger partial charge in [0.05, 0.1) is 0 Å². The van der Waals surface area contributed by atoms with Gasteiger partial charge in [-0.05, 0) is 72.9 Å². The van der Waals surface area contributed by atoms with Crippen molar-refractivity contribution in [1.29, 1.82) is 5.26 Å². The third-order valence-corrected chi connectivity index (χ3v) is 5.35. The first kappa shape index (κ1) is 19.4. The highest BCUT2D eigenvalue weighted by Gasteiger charge is 2.29. The van der Waals surface area contributed by atoms with Gasteiger partial charge in [0.15, 0.2) is 0 Å². The fraction of sp³-hybridized carbons (Fsp3) is 0.409. The van der Waals surface area contributed by atoms with Crippen LogP contribution < -0.4 is 0 Å². The van der Waals surface area contributed by atoms with E-state index in [1.807, 2.05) is 0 Å². The van der Waals surface area contributed by atoms with Crippen molar-refractivity contribution < 1.29 is 17.6 Å². The predicted molar refractivity (Wildman–Crippen MR) is 95.4 cm³/mol. The summed E-state index contributed by atoms with van der Waals surface area (Å²) in [5, 5.41) is 8.88. The topological polar surface area (TPSA) is 23.8 Å². The first-order valence-electron chi connectivity index (χ1n) is 9.33. The third-order valence-electron chi connectivity index (χ3n) is 5.35. The number of halogens is 4. The summed E-state index contributed by atoms with van der Waals surface area (Å²) in [5.41, 5.74) is 0.687. The lowest BCUT2D eigenvalue weighted by atomic mass is 9.78. The van der Waals surface area contributed by atoms with Gasteiger partial charge in [-0.1, -0.05) is 19.8 Å². The molecule has 0 saturated carbocycles. The molecule has 0 radical (unpaired) electrons. The van der Waals surface area contributed by atoms with Gasteiger partial charge in [0.25, 0.3) is 0 Å². The summed E-state index contributed by atoms with van der Waals surface area (Å²) in [6, 6.07) is 5.41. The van der Waals surface area contributed by atoms with E-state index in [1.165, 1.54) is 18.2 Å². The van der Waals surface area contributed by atoms with Crippen molar-refractivity contribution in [2.75, 3.05) is 0 Å². The molecule has 5 heteroatoms. The van der Waals surface area contributed by atoms with Gasteiger partial charge < -0.3 is 0 Å². The maximum Gasteiger partial charge on any atom is 0.147 e. The molecule has 1 nitrogen and oxygen atoms in total. The molecule has 0 amide bonds. The van der Waals surface area contributed by atoms with Crippen molar-refractivity contribution in [3.63, 3.8) is 0 Å². The zero-order chi connectivity index (χ0) is 19.6. The molecule has 1 atom stereocenters.